The Morgan fingerprint density at radius 2 is 1.92 bits per heavy atom. The van der Waals surface area contributed by atoms with Crippen molar-refractivity contribution in [3.05, 3.63) is 59.7 Å². The number of rotatable bonds is 8. The van der Waals surface area contributed by atoms with Crippen LogP contribution in [0.2, 0.25) is 0 Å². The molecule has 0 N–H and O–H groups in total. The van der Waals surface area contributed by atoms with Crippen molar-refractivity contribution in [1.29, 1.82) is 0 Å². The smallest absolute Gasteiger partial charge is 0.325 e. The first-order valence-corrected chi connectivity index (χ1v) is 7.76. The highest BCUT2D eigenvalue weighted by Gasteiger charge is 2.11. The third-order valence-electron chi connectivity index (χ3n) is 3.47. The number of esters is 1. The Bertz CT molecular complexity index is 685. The van der Waals surface area contributed by atoms with Crippen molar-refractivity contribution in [2.75, 3.05) is 25.1 Å². The molecule has 24 heavy (non-hydrogen) atoms. The third-order valence-corrected chi connectivity index (χ3v) is 3.47. The molecule has 0 spiro atoms. The molecule has 5 nitrogen and oxygen atoms in total. The zero-order valence-corrected chi connectivity index (χ0v) is 13.9. The third kappa shape index (κ3) is 4.84. The van der Waals surface area contributed by atoms with Gasteiger partial charge in [-0.1, -0.05) is 30.3 Å². The number of benzene rings is 2. The lowest BCUT2D eigenvalue weighted by Gasteiger charge is -2.19. The van der Waals surface area contributed by atoms with Crippen molar-refractivity contribution in [1.82, 2.24) is 0 Å². The molecule has 0 unspecified atom stereocenters. The van der Waals surface area contributed by atoms with Gasteiger partial charge < -0.3 is 14.4 Å². The summed E-state index contributed by atoms with van der Waals surface area (Å²) in [5.41, 5.74) is 2.26. The van der Waals surface area contributed by atoms with Crippen molar-refractivity contribution in [3.8, 4) is 5.75 Å². The summed E-state index contributed by atoms with van der Waals surface area (Å²) in [5.74, 6) is 0.188. The number of carbonyl (C=O) groups is 2. The van der Waals surface area contributed by atoms with Gasteiger partial charge in [0.15, 0.2) is 6.29 Å². The number of nitrogens with zero attached hydrogens (tertiary/aromatic N) is 1. The quantitative estimate of drug-likeness (QED) is 0.551. The van der Waals surface area contributed by atoms with Gasteiger partial charge in [-0.05, 0) is 24.6 Å². The lowest BCUT2D eigenvalue weighted by molar-refractivity contribution is -0.141. The Hall–Kier alpha value is -2.82. The predicted molar refractivity (Wildman–Crippen MR) is 92.5 cm³/mol. The molecule has 0 bridgehead atoms. The molecular formula is C19H21NO4. The predicted octanol–water partition coefficient (Wildman–Crippen LogP) is 3.08. The standard InChI is InChI=1S/C19H21NO4/c1-3-23-19(22)12-20(2)17-10-9-16(13-21)18(11-17)24-14-15-7-5-4-6-8-15/h4-11,13H,3,12,14H2,1-2H3. The van der Waals surface area contributed by atoms with Crippen LogP contribution in [0.15, 0.2) is 48.5 Å². The van der Waals surface area contributed by atoms with Crippen molar-refractivity contribution in [2.24, 2.45) is 0 Å². The van der Waals surface area contributed by atoms with Crippen LogP contribution in [0.25, 0.3) is 0 Å². The summed E-state index contributed by atoms with van der Waals surface area (Å²) >= 11 is 0. The second kappa shape index (κ2) is 8.72. The van der Waals surface area contributed by atoms with Crippen molar-refractivity contribution in [3.63, 3.8) is 0 Å². The van der Waals surface area contributed by atoms with E-state index in [0.29, 0.717) is 24.5 Å². The summed E-state index contributed by atoms with van der Waals surface area (Å²) in [7, 11) is 1.79. The summed E-state index contributed by atoms with van der Waals surface area (Å²) in [6, 6.07) is 14.9. The molecule has 0 saturated carbocycles. The van der Waals surface area contributed by atoms with Gasteiger partial charge in [0.2, 0.25) is 0 Å². The Morgan fingerprint density at radius 3 is 2.58 bits per heavy atom. The Kier molecular flexibility index (Phi) is 6.37. The average Bonchev–Trinajstić information content (AvgIpc) is 2.60. The number of hydrogen-bond donors (Lipinski definition) is 0. The van der Waals surface area contributed by atoms with Gasteiger partial charge in [0.25, 0.3) is 0 Å². The molecule has 0 saturated heterocycles. The summed E-state index contributed by atoms with van der Waals surface area (Å²) in [6.07, 6.45) is 0.759. The van der Waals surface area contributed by atoms with E-state index in [1.807, 2.05) is 30.3 Å². The summed E-state index contributed by atoms with van der Waals surface area (Å²) in [5, 5.41) is 0. The number of ether oxygens (including phenoxy) is 2. The first kappa shape index (κ1) is 17.5. The van der Waals surface area contributed by atoms with E-state index < -0.39 is 0 Å². The van der Waals surface area contributed by atoms with E-state index in [1.165, 1.54) is 0 Å². The molecule has 2 rings (SSSR count). The Balaban J connectivity index is 2.11. The molecule has 0 atom stereocenters. The molecule has 0 radical (unpaired) electrons. The summed E-state index contributed by atoms with van der Waals surface area (Å²) in [6.45, 7) is 2.62. The maximum Gasteiger partial charge on any atom is 0.325 e. The van der Waals surface area contributed by atoms with Gasteiger partial charge in [0.05, 0.1) is 12.2 Å². The van der Waals surface area contributed by atoms with Crippen molar-refractivity contribution in [2.45, 2.75) is 13.5 Å². The van der Waals surface area contributed by atoms with Gasteiger partial charge in [-0.3, -0.25) is 9.59 Å². The minimum atomic E-state index is -0.300. The van der Waals surface area contributed by atoms with Crippen LogP contribution in [0.1, 0.15) is 22.8 Å². The first-order chi connectivity index (χ1) is 11.6. The fourth-order valence-corrected chi connectivity index (χ4v) is 2.21. The first-order valence-electron chi connectivity index (χ1n) is 7.76. The number of aldehydes is 1. The molecule has 0 aliphatic heterocycles. The molecule has 2 aromatic rings. The molecule has 0 fully saturated rings. The number of carbonyl (C=O) groups excluding carboxylic acids is 2. The van der Waals surface area contributed by atoms with Gasteiger partial charge in [0, 0.05) is 18.8 Å². The molecule has 5 heteroatoms. The maximum absolute atomic E-state index is 11.6. The van der Waals surface area contributed by atoms with Gasteiger partial charge in [-0.15, -0.1) is 0 Å². The average molecular weight is 327 g/mol. The largest absolute Gasteiger partial charge is 0.488 e. The van der Waals surface area contributed by atoms with Crippen molar-refractivity contribution < 1.29 is 19.1 Å². The van der Waals surface area contributed by atoms with Gasteiger partial charge in [0.1, 0.15) is 18.9 Å². The fraction of sp³-hybridized carbons (Fsp3) is 0.263. The van der Waals surface area contributed by atoms with E-state index in [0.717, 1.165) is 17.5 Å². The van der Waals surface area contributed by atoms with Crippen LogP contribution >= 0.6 is 0 Å². The zero-order chi connectivity index (χ0) is 17.4. The van der Waals surface area contributed by atoms with E-state index >= 15 is 0 Å². The minimum Gasteiger partial charge on any atom is -0.488 e. The molecule has 2 aromatic carbocycles. The number of likely N-dealkylation sites (N-methyl/N-ethyl adjacent to an activating group) is 1. The monoisotopic (exact) mass is 327 g/mol. The van der Waals surface area contributed by atoms with E-state index in [2.05, 4.69) is 0 Å². The van der Waals surface area contributed by atoms with Crippen LogP contribution in [0.5, 0.6) is 5.75 Å². The highest BCUT2D eigenvalue weighted by molar-refractivity contribution is 5.81. The van der Waals surface area contributed by atoms with Crippen LogP contribution in [-0.4, -0.2) is 32.5 Å². The highest BCUT2D eigenvalue weighted by atomic mass is 16.5. The van der Waals surface area contributed by atoms with Crippen LogP contribution in [0, 0.1) is 0 Å². The molecular weight excluding hydrogens is 306 g/mol. The van der Waals surface area contributed by atoms with Gasteiger partial charge in [-0.2, -0.15) is 0 Å². The lowest BCUT2D eigenvalue weighted by Crippen LogP contribution is -2.27. The molecule has 0 aromatic heterocycles. The van der Waals surface area contributed by atoms with E-state index in [1.54, 1.807) is 37.1 Å². The SMILES string of the molecule is CCOC(=O)CN(C)c1ccc(C=O)c(OCc2ccccc2)c1. The number of anilines is 1. The van der Waals surface area contributed by atoms with Gasteiger partial charge in [-0.25, -0.2) is 0 Å². The zero-order valence-electron chi connectivity index (χ0n) is 13.9. The van der Waals surface area contributed by atoms with Crippen LogP contribution in [-0.2, 0) is 16.1 Å². The topological polar surface area (TPSA) is 55.8 Å². The second-order valence-electron chi connectivity index (χ2n) is 5.28. The van der Waals surface area contributed by atoms with Crippen LogP contribution in [0.3, 0.4) is 0 Å². The number of hydrogen-bond acceptors (Lipinski definition) is 5. The van der Waals surface area contributed by atoms with E-state index in [4.69, 9.17) is 9.47 Å². The molecule has 0 aliphatic carbocycles. The lowest BCUT2D eigenvalue weighted by atomic mass is 10.2. The van der Waals surface area contributed by atoms with E-state index in [9.17, 15) is 9.59 Å². The molecule has 126 valence electrons. The van der Waals surface area contributed by atoms with Crippen LogP contribution in [0.4, 0.5) is 5.69 Å². The van der Waals surface area contributed by atoms with E-state index in [-0.39, 0.29) is 12.5 Å². The Morgan fingerprint density at radius 1 is 1.17 bits per heavy atom. The minimum absolute atomic E-state index is 0.131. The summed E-state index contributed by atoms with van der Waals surface area (Å²) in [4.78, 5) is 24.6. The van der Waals surface area contributed by atoms with Crippen molar-refractivity contribution >= 4 is 17.9 Å². The second-order valence-corrected chi connectivity index (χ2v) is 5.28. The Labute approximate surface area is 141 Å². The molecule has 0 aliphatic rings. The van der Waals surface area contributed by atoms with Gasteiger partial charge >= 0.3 is 5.97 Å². The molecule has 0 heterocycles. The van der Waals surface area contributed by atoms with Crippen LogP contribution < -0.4 is 9.64 Å². The maximum atomic E-state index is 11.6. The summed E-state index contributed by atoms with van der Waals surface area (Å²) < 4.78 is 10.7. The fourth-order valence-electron chi connectivity index (χ4n) is 2.21. The molecule has 0 amide bonds. The normalized spacial score (nSPS) is 10.1. The highest BCUT2D eigenvalue weighted by Crippen LogP contribution is 2.25.